The van der Waals surface area contributed by atoms with Gasteiger partial charge in [-0.1, -0.05) is 20.8 Å². The third-order valence-electron chi connectivity index (χ3n) is 3.68. The molecular weight excluding hydrogens is 134 g/mol. The highest BCUT2D eigenvalue weighted by Crippen LogP contribution is 2.43. The fourth-order valence-electron chi connectivity index (χ4n) is 1.50. The summed E-state index contributed by atoms with van der Waals surface area (Å²) < 4.78 is 0. The molecule has 1 unspecified atom stereocenters. The lowest BCUT2D eigenvalue weighted by Gasteiger charge is -2.45. The van der Waals surface area contributed by atoms with Gasteiger partial charge in [-0.3, -0.25) is 4.99 Å². The maximum Gasteiger partial charge on any atom is 0.0601 e. The lowest BCUT2D eigenvalue weighted by Crippen LogP contribution is -2.44. The summed E-state index contributed by atoms with van der Waals surface area (Å²) in [7, 11) is 0. The van der Waals surface area contributed by atoms with Crippen molar-refractivity contribution in [2.45, 2.75) is 46.6 Å². The second-order valence-corrected chi connectivity index (χ2v) is 4.73. The van der Waals surface area contributed by atoms with Crippen LogP contribution in [0.25, 0.3) is 0 Å². The Balaban J connectivity index is 2.97. The van der Waals surface area contributed by atoms with E-state index in [4.69, 9.17) is 0 Å². The Labute approximate surface area is 69.9 Å². The Hall–Kier alpha value is -0.330. The minimum absolute atomic E-state index is 0.116. The fourth-order valence-corrected chi connectivity index (χ4v) is 1.50. The largest absolute Gasteiger partial charge is 0.291 e. The van der Waals surface area contributed by atoms with Crippen LogP contribution in [0, 0.1) is 11.3 Å². The first-order chi connectivity index (χ1) is 4.88. The smallest absolute Gasteiger partial charge is 0.0601 e. The molecule has 0 amide bonds. The summed E-state index contributed by atoms with van der Waals surface area (Å²) in [5.74, 6) is 0.745. The Morgan fingerprint density at radius 1 is 1.27 bits per heavy atom. The topological polar surface area (TPSA) is 12.4 Å². The Bertz CT molecular complexity index is 177. The minimum Gasteiger partial charge on any atom is -0.291 e. The number of aliphatic imine (C=N–C) groups is 1. The molecule has 0 spiro atoms. The first-order valence-electron chi connectivity index (χ1n) is 4.41. The SMILES string of the molecule is CC1CC=NC(C)(C)C1(C)C. The van der Waals surface area contributed by atoms with Gasteiger partial charge in [-0.15, -0.1) is 0 Å². The predicted octanol–water partition coefficient (Wildman–Crippen LogP) is 2.90. The van der Waals surface area contributed by atoms with Crippen LogP contribution in [-0.4, -0.2) is 11.8 Å². The molecule has 11 heavy (non-hydrogen) atoms. The molecule has 0 bridgehead atoms. The van der Waals surface area contributed by atoms with Crippen molar-refractivity contribution in [1.82, 2.24) is 0 Å². The number of nitrogens with zero attached hydrogens (tertiary/aromatic N) is 1. The molecule has 1 nitrogen and oxygen atoms in total. The third-order valence-corrected chi connectivity index (χ3v) is 3.68. The average Bonchev–Trinajstić information content (AvgIpc) is 1.84. The van der Waals surface area contributed by atoms with E-state index in [1.165, 1.54) is 0 Å². The summed E-state index contributed by atoms with van der Waals surface area (Å²) in [6, 6.07) is 0. The standard InChI is InChI=1S/C10H19N/c1-8-6-7-11-10(4,5)9(8,2)3/h7-8H,6H2,1-5H3. The summed E-state index contributed by atoms with van der Waals surface area (Å²) in [6.45, 7) is 11.4. The van der Waals surface area contributed by atoms with Crippen molar-refractivity contribution in [3.63, 3.8) is 0 Å². The fraction of sp³-hybridized carbons (Fsp3) is 0.900. The van der Waals surface area contributed by atoms with E-state index in [9.17, 15) is 0 Å². The van der Waals surface area contributed by atoms with Crippen LogP contribution >= 0.6 is 0 Å². The second kappa shape index (κ2) is 2.33. The summed E-state index contributed by atoms with van der Waals surface area (Å²) in [5, 5.41) is 0. The van der Waals surface area contributed by atoms with E-state index in [2.05, 4.69) is 45.8 Å². The Morgan fingerprint density at radius 2 is 1.82 bits per heavy atom. The van der Waals surface area contributed by atoms with E-state index >= 15 is 0 Å². The molecule has 0 radical (unpaired) electrons. The predicted molar refractivity (Wildman–Crippen MR) is 50.1 cm³/mol. The molecule has 0 fully saturated rings. The van der Waals surface area contributed by atoms with E-state index in [0.717, 1.165) is 12.3 Å². The first-order valence-corrected chi connectivity index (χ1v) is 4.41. The zero-order chi connectivity index (χ0) is 8.70. The summed E-state index contributed by atoms with van der Waals surface area (Å²) in [5.41, 5.74) is 0.451. The van der Waals surface area contributed by atoms with Gasteiger partial charge < -0.3 is 0 Å². The van der Waals surface area contributed by atoms with E-state index in [-0.39, 0.29) is 5.54 Å². The zero-order valence-electron chi connectivity index (χ0n) is 8.31. The highest BCUT2D eigenvalue weighted by atomic mass is 14.9. The van der Waals surface area contributed by atoms with Gasteiger partial charge in [-0.05, 0) is 37.8 Å². The van der Waals surface area contributed by atoms with Crippen LogP contribution in [0.3, 0.4) is 0 Å². The molecule has 0 aromatic carbocycles. The van der Waals surface area contributed by atoms with Crippen LogP contribution < -0.4 is 0 Å². The minimum atomic E-state index is 0.116. The quantitative estimate of drug-likeness (QED) is 0.507. The molecule has 0 saturated carbocycles. The van der Waals surface area contributed by atoms with Gasteiger partial charge in [0.2, 0.25) is 0 Å². The van der Waals surface area contributed by atoms with Gasteiger partial charge in [0, 0.05) is 0 Å². The van der Waals surface area contributed by atoms with Crippen molar-refractivity contribution in [3.8, 4) is 0 Å². The van der Waals surface area contributed by atoms with Crippen LogP contribution in [0.2, 0.25) is 0 Å². The summed E-state index contributed by atoms with van der Waals surface area (Å²) in [4.78, 5) is 4.54. The van der Waals surface area contributed by atoms with E-state index < -0.39 is 0 Å². The van der Waals surface area contributed by atoms with Gasteiger partial charge in [0.15, 0.2) is 0 Å². The highest BCUT2D eigenvalue weighted by Gasteiger charge is 2.42. The van der Waals surface area contributed by atoms with Crippen molar-refractivity contribution >= 4 is 6.21 Å². The lowest BCUT2D eigenvalue weighted by molar-refractivity contribution is 0.116. The van der Waals surface area contributed by atoms with Crippen molar-refractivity contribution in [3.05, 3.63) is 0 Å². The van der Waals surface area contributed by atoms with Crippen molar-refractivity contribution in [2.24, 2.45) is 16.3 Å². The molecule has 0 saturated heterocycles. The van der Waals surface area contributed by atoms with E-state index in [1.807, 2.05) is 0 Å². The van der Waals surface area contributed by atoms with Crippen LogP contribution in [0.15, 0.2) is 4.99 Å². The molecule has 1 heterocycles. The highest BCUT2D eigenvalue weighted by molar-refractivity contribution is 5.60. The first kappa shape index (κ1) is 8.76. The molecule has 1 aliphatic heterocycles. The monoisotopic (exact) mass is 153 g/mol. The normalized spacial score (nSPS) is 33.7. The molecule has 0 aromatic rings. The molecule has 1 atom stereocenters. The van der Waals surface area contributed by atoms with Crippen molar-refractivity contribution in [1.29, 1.82) is 0 Å². The molecular formula is C10H19N. The van der Waals surface area contributed by atoms with Crippen LogP contribution in [0.4, 0.5) is 0 Å². The third kappa shape index (κ3) is 1.21. The molecule has 0 aliphatic carbocycles. The summed E-state index contributed by atoms with van der Waals surface area (Å²) in [6.07, 6.45) is 3.21. The molecule has 1 rings (SSSR count). The Kier molecular flexibility index (Phi) is 1.85. The Morgan fingerprint density at radius 3 is 2.18 bits per heavy atom. The van der Waals surface area contributed by atoms with Gasteiger partial charge in [-0.2, -0.15) is 0 Å². The lowest BCUT2D eigenvalue weighted by atomic mass is 9.64. The number of rotatable bonds is 0. The maximum absolute atomic E-state index is 4.54. The van der Waals surface area contributed by atoms with Crippen molar-refractivity contribution in [2.75, 3.05) is 0 Å². The average molecular weight is 153 g/mol. The van der Waals surface area contributed by atoms with E-state index in [0.29, 0.717) is 5.41 Å². The van der Waals surface area contributed by atoms with Gasteiger partial charge in [0.05, 0.1) is 5.54 Å². The molecule has 64 valence electrons. The van der Waals surface area contributed by atoms with Gasteiger partial charge in [-0.25, -0.2) is 0 Å². The van der Waals surface area contributed by atoms with E-state index in [1.54, 1.807) is 0 Å². The zero-order valence-corrected chi connectivity index (χ0v) is 8.31. The van der Waals surface area contributed by atoms with Gasteiger partial charge in [0.1, 0.15) is 0 Å². The van der Waals surface area contributed by atoms with Crippen molar-refractivity contribution < 1.29 is 0 Å². The maximum atomic E-state index is 4.54. The number of hydrogen-bond donors (Lipinski definition) is 0. The second-order valence-electron chi connectivity index (χ2n) is 4.73. The number of hydrogen-bond acceptors (Lipinski definition) is 1. The van der Waals surface area contributed by atoms with Crippen LogP contribution in [0.5, 0.6) is 0 Å². The van der Waals surface area contributed by atoms with Crippen LogP contribution in [0.1, 0.15) is 41.0 Å². The molecule has 1 heteroatoms. The molecule has 0 N–H and O–H groups in total. The van der Waals surface area contributed by atoms with Gasteiger partial charge in [0.25, 0.3) is 0 Å². The molecule has 0 aromatic heterocycles. The summed E-state index contributed by atoms with van der Waals surface area (Å²) >= 11 is 0. The van der Waals surface area contributed by atoms with Crippen LogP contribution in [-0.2, 0) is 0 Å². The van der Waals surface area contributed by atoms with Gasteiger partial charge >= 0.3 is 0 Å². The molecule has 1 aliphatic rings.